The molecule has 0 unspecified atom stereocenters. The summed E-state index contributed by atoms with van der Waals surface area (Å²) in [7, 11) is 0. The molecule has 2 saturated heterocycles. The number of fused-ring (bicyclic) bond motifs is 1. The number of benzene rings is 1. The quantitative estimate of drug-likeness (QED) is 0.868. The Bertz CT molecular complexity index is 473. The third-order valence-corrected chi connectivity index (χ3v) is 4.77. The van der Waals surface area contributed by atoms with Crippen LogP contribution in [0.1, 0.15) is 44.6 Å². The molecule has 108 valence electrons. The molecule has 2 N–H and O–H groups in total. The van der Waals surface area contributed by atoms with Gasteiger partial charge in [0.25, 0.3) is 0 Å². The van der Waals surface area contributed by atoms with Crippen LogP contribution in [-0.2, 0) is 11.2 Å². The molecule has 1 aromatic carbocycles. The van der Waals surface area contributed by atoms with Crippen molar-refractivity contribution in [2.75, 3.05) is 0 Å². The van der Waals surface area contributed by atoms with E-state index in [0.29, 0.717) is 18.5 Å². The average molecular weight is 272 g/mol. The van der Waals surface area contributed by atoms with Gasteiger partial charge in [-0.2, -0.15) is 0 Å². The Labute approximate surface area is 121 Å². The van der Waals surface area contributed by atoms with Gasteiger partial charge in [-0.25, -0.2) is 0 Å². The van der Waals surface area contributed by atoms with Gasteiger partial charge >= 0.3 is 0 Å². The lowest BCUT2D eigenvalue weighted by Gasteiger charge is -2.34. The maximum Gasteiger partial charge on any atom is 0.220 e. The molecule has 20 heavy (non-hydrogen) atoms. The van der Waals surface area contributed by atoms with E-state index in [1.54, 1.807) is 0 Å². The first-order valence-electron chi connectivity index (χ1n) is 7.77. The summed E-state index contributed by atoms with van der Waals surface area (Å²) in [6.07, 6.45) is 6.09. The normalized spacial score (nSPS) is 34.0. The summed E-state index contributed by atoms with van der Waals surface area (Å²) >= 11 is 0. The number of carbonyl (C=O) groups is 1. The second kappa shape index (κ2) is 5.57. The molecule has 0 bridgehead atoms. The van der Waals surface area contributed by atoms with Crippen molar-refractivity contribution in [2.24, 2.45) is 0 Å². The number of hydrogen-bond acceptors (Lipinski definition) is 2. The molecular weight excluding hydrogens is 248 g/mol. The monoisotopic (exact) mass is 272 g/mol. The van der Waals surface area contributed by atoms with E-state index in [9.17, 15) is 4.79 Å². The fourth-order valence-corrected chi connectivity index (χ4v) is 3.77. The van der Waals surface area contributed by atoms with Gasteiger partial charge < -0.3 is 10.6 Å². The topological polar surface area (TPSA) is 41.1 Å². The summed E-state index contributed by atoms with van der Waals surface area (Å²) in [5.74, 6) is 0.222. The third-order valence-electron chi connectivity index (χ3n) is 4.77. The van der Waals surface area contributed by atoms with Gasteiger partial charge in [-0.15, -0.1) is 0 Å². The van der Waals surface area contributed by atoms with Crippen LogP contribution in [0.4, 0.5) is 0 Å². The van der Waals surface area contributed by atoms with E-state index in [0.717, 1.165) is 25.7 Å². The molecule has 0 aromatic heterocycles. The summed E-state index contributed by atoms with van der Waals surface area (Å²) in [6, 6.07) is 11.5. The zero-order chi connectivity index (χ0) is 14.0. The van der Waals surface area contributed by atoms with Crippen molar-refractivity contribution < 1.29 is 4.79 Å². The minimum absolute atomic E-state index is 0.0725. The first-order valence-corrected chi connectivity index (χ1v) is 7.77. The first-order chi connectivity index (χ1) is 9.66. The zero-order valence-corrected chi connectivity index (χ0v) is 12.2. The fraction of sp³-hybridized carbons (Fsp3) is 0.588. The van der Waals surface area contributed by atoms with E-state index < -0.39 is 0 Å². The maximum atomic E-state index is 11.9. The van der Waals surface area contributed by atoms with Crippen molar-refractivity contribution in [3.05, 3.63) is 35.9 Å². The molecule has 2 fully saturated rings. The van der Waals surface area contributed by atoms with Crippen LogP contribution in [0.3, 0.4) is 0 Å². The predicted octanol–water partition coefficient (Wildman–Crippen LogP) is 2.41. The zero-order valence-electron chi connectivity index (χ0n) is 12.2. The van der Waals surface area contributed by atoms with Crippen LogP contribution in [0.25, 0.3) is 0 Å². The highest BCUT2D eigenvalue weighted by Crippen LogP contribution is 2.31. The number of amides is 1. The molecule has 2 heterocycles. The summed E-state index contributed by atoms with van der Waals surface area (Å²) in [6.45, 7) is 2.21. The van der Waals surface area contributed by atoms with Crippen LogP contribution < -0.4 is 10.6 Å². The molecule has 2 aliphatic rings. The van der Waals surface area contributed by atoms with E-state index in [1.807, 2.05) is 0 Å². The molecule has 3 nitrogen and oxygen atoms in total. The van der Waals surface area contributed by atoms with Crippen LogP contribution >= 0.6 is 0 Å². The van der Waals surface area contributed by atoms with Crippen molar-refractivity contribution in [3.8, 4) is 0 Å². The maximum absolute atomic E-state index is 11.9. The van der Waals surface area contributed by atoms with Gasteiger partial charge in [0.2, 0.25) is 5.91 Å². The largest absolute Gasteiger partial charge is 0.349 e. The standard InChI is InChI=1S/C17H24N2O/c1-17-12-14(11-13-7-3-2-4-8-13)18-15(17)9-5-6-10-16(20)19-17/h2-4,7-8,14-15,18H,5-6,9-12H2,1H3,(H,19,20)/t14-,15+,17+/m1/s1. The lowest BCUT2D eigenvalue weighted by atomic mass is 9.86. The molecule has 0 radical (unpaired) electrons. The lowest BCUT2D eigenvalue weighted by molar-refractivity contribution is -0.123. The number of rotatable bonds is 2. The Morgan fingerprint density at radius 3 is 2.85 bits per heavy atom. The highest BCUT2D eigenvalue weighted by Gasteiger charge is 2.44. The van der Waals surface area contributed by atoms with E-state index in [2.05, 4.69) is 47.9 Å². The molecule has 3 heteroatoms. The number of carbonyl (C=O) groups excluding carboxylic acids is 1. The third kappa shape index (κ3) is 2.88. The molecule has 2 aliphatic heterocycles. The number of nitrogens with one attached hydrogen (secondary N) is 2. The smallest absolute Gasteiger partial charge is 0.220 e. The Morgan fingerprint density at radius 2 is 2.05 bits per heavy atom. The molecule has 3 rings (SSSR count). The summed E-state index contributed by atoms with van der Waals surface area (Å²) in [5, 5.41) is 7.03. The van der Waals surface area contributed by atoms with Crippen LogP contribution in [-0.4, -0.2) is 23.5 Å². The molecule has 3 atom stereocenters. The van der Waals surface area contributed by atoms with Crippen molar-refractivity contribution in [2.45, 2.75) is 63.1 Å². The summed E-state index contributed by atoms with van der Waals surface area (Å²) < 4.78 is 0. The van der Waals surface area contributed by atoms with Gasteiger partial charge in [0.15, 0.2) is 0 Å². The fourth-order valence-electron chi connectivity index (χ4n) is 3.77. The second-order valence-corrected chi connectivity index (χ2v) is 6.52. The summed E-state index contributed by atoms with van der Waals surface area (Å²) in [5.41, 5.74) is 1.30. The van der Waals surface area contributed by atoms with Crippen molar-refractivity contribution in [1.29, 1.82) is 0 Å². The van der Waals surface area contributed by atoms with E-state index in [-0.39, 0.29) is 11.4 Å². The van der Waals surface area contributed by atoms with Crippen LogP contribution in [0.5, 0.6) is 0 Å². The minimum atomic E-state index is -0.0725. The lowest BCUT2D eigenvalue weighted by Crippen LogP contribution is -2.54. The average Bonchev–Trinajstić information content (AvgIpc) is 2.69. The molecule has 1 aromatic rings. The van der Waals surface area contributed by atoms with Crippen molar-refractivity contribution in [1.82, 2.24) is 10.6 Å². The highest BCUT2D eigenvalue weighted by atomic mass is 16.1. The molecule has 0 aliphatic carbocycles. The Hall–Kier alpha value is -1.35. The van der Waals surface area contributed by atoms with Crippen molar-refractivity contribution in [3.63, 3.8) is 0 Å². The Kier molecular flexibility index (Phi) is 3.79. The Morgan fingerprint density at radius 1 is 1.25 bits per heavy atom. The van der Waals surface area contributed by atoms with Crippen molar-refractivity contribution >= 4 is 5.91 Å². The van der Waals surface area contributed by atoms with Crippen LogP contribution in [0, 0.1) is 0 Å². The highest BCUT2D eigenvalue weighted by molar-refractivity contribution is 5.77. The predicted molar refractivity (Wildman–Crippen MR) is 80.5 cm³/mol. The van der Waals surface area contributed by atoms with Gasteiger partial charge in [-0.05, 0) is 38.2 Å². The SMILES string of the molecule is C[C@]12C[C@@H](Cc3ccccc3)N[C@H]1CCCCC(=O)N2. The first kappa shape index (κ1) is 13.6. The van der Waals surface area contributed by atoms with Gasteiger partial charge in [0.05, 0.1) is 5.54 Å². The molecule has 1 amide bonds. The van der Waals surface area contributed by atoms with Crippen LogP contribution in [0.2, 0.25) is 0 Å². The van der Waals surface area contributed by atoms with Gasteiger partial charge in [0, 0.05) is 18.5 Å². The van der Waals surface area contributed by atoms with Gasteiger partial charge in [0.1, 0.15) is 0 Å². The van der Waals surface area contributed by atoms with Gasteiger partial charge in [-0.3, -0.25) is 4.79 Å². The number of hydrogen-bond donors (Lipinski definition) is 2. The summed E-state index contributed by atoms with van der Waals surface area (Å²) in [4.78, 5) is 11.9. The Balaban J connectivity index is 1.70. The van der Waals surface area contributed by atoms with E-state index in [4.69, 9.17) is 0 Å². The van der Waals surface area contributed by atoms with E-state index in [1.165, 1.54) is 12.0 Å². The molecule has 0 saturated carbocycles. The minimum Gasteiger partial charge on any atom is -0.349 e. The molecule has 0 spiro atoms. The van der Waals surface area contributed by atoms with Gasteiger partial charge in [-0.1, -0.05) is 36.8 Å². The van der Waals surface area contributed by atoms with Crippen LogP contribution in [0.15, 0.2) is 30.3 Å². The van der Waals surface area contributed by atoms with E-state index >= 15 is 0 Å². The second-order valence-electron chi connectivity index (χ2n) is 6.52. The molecular formula is C17H24N2O.